The molecule has 0 atom stereocenters. The third-order valence-electron chi connectivity index (χ3n) is 3.59. The van der Waals surface area contributed by atoms with Gasteiger partial charge in [-0.05, 0) is 43.7 Å². The lowest BCUT2D eigenvalue weighted by Gasteiger charge is -2.15. The molecule has 0 spiro atoms. The molecule has 2 nitrogen and oxygen atoms in total. The van der Waals surface area contributed by atoms with Gasteiger partial charge in [-0.25, -0.2) is 0 Å². The maximum absolute atomic E-state index is 6.44. The molecule has 0 saturated carbocycles. The molecule has 1 N–H and O–H groups in total. The predicted octanol–water partition coefficient (Wildman–Crippen LogP) is 4.35. The number of nitrogens with one attached hydrogen (secondary N) is 1. The first-order valence-corrected chi connectivity index (χ1v) is 7.04. The van der Waals surface area contributed by atoms with Gasteiger partial charge in [-0.3, -0.25) is 0 Å². The summed E-state index contributed by atoms with van der Waals surface area (Å²) in [7, 11) is 3.63. The molecule has 0 aromatic heterocycles. The van der Waals surface area contributed by atoms with Crippen molar-refractivity contribution in [2.24, 2.45) is 0 Å². The molecule has 106 valence electrons. The number of rotatable bonds is 4. The van der Waals surface area contributed by atoms with Crippen LogP contribution in [0.4, 0.5) is 0 Å². The van der Waals surface area contributed by atoms with Gasteiger partial charge in [0, 0.05) is 22.7 Å². The highest BCUT2D eigenvalue weighted by Gasteiger charge is 2.13. The molecular weight excluding hydrogens is 270 g/mol. The Hall–Kier alpha value is -1.51. The Labute approximate surface area is 125 Å². The summed E-state index contributed by atoms with van der Waals surface area (Å²) in [6.07, 6.45) is 0. The van der Waals surface area contributed by atoms with E-state index in [1.54, 1.807) is 7.11 Å². The van der Waals surface area contributed by atoms with E-state index >= 15 is 0 Å². The van der Waals surface area contributed by atoms with Gasteiger partial charge in [0.2, 0.25) is 0 Å². The van der Waals surface area contributed by atoms with Crippen LogP contribution in [-0.2, 0) is 6.54 Å². The van der Waals surface area contributed by atoms with Crippen molar-refractivity contribution in [3.8, 4) is 16.9 Å². The van der Waals surface area contributed by atoms with Crippen LogP contribution in [0.15, 0.2) is 30.3 Å². The standard InChI is InChI=1S/C17H20ClNO/c1-11-5-7-15(17(20-4)12(11)2)14-8-6-13(10-19-3)9-16(14)18/h5-9,19H,10H2,1-4H3. The highest BCUT2D eigenvalue weighted by molar-refractivity contribution is 6.33. The number of benzene rings is 2. The van der Waals surface area contributed by atoms with Crippen LogP contribution in [0.5, 0.6) is 5.75 Å². The lowest BCUT2D eigenvalue weighted by Crippen LogP contribution is -2.04. The third kappa shape index (κ3) is 2.82. The van der Waals surface area contributed by atoms with Gasteiger partial charge < -0.3 is 10.1 Å². The highest BCUT2D eigenvalue weighted by atomic mass is 35.5. The largest absolute Gasteiger partial charge is 0.496 e. The number of aryl methyl sites for hydroxylation is 1. The fourth-order valence-corrected chi connectivity index (χ4v) is 2.66. The Morgan fingerprint density at radius 3 is 2.40 bits per heavy atom. The monoisotopic (exact) mass is 289 g/mol. The number of hydrogen-bond acceptors (Lipinski definition) is 2. The van der Waals surface area contributed by atoms with E-state index in [2.05, 4.69) is 43.4 Å². The minimum atomic E-state index is 0.749. The summed E-state index contributed by atoms with van der Waals surface area (Å²) in [5, 5.41) is 3.88. The summed E-state index contributed by atoms with van der Waals surface area (Å²) < 4.78 is 5.57. The van der Waals surface area contributed by atoms with E-state index < -0.39 is 0 Å². The molecule has 0 aliphatic carbocycles. The third-order valence-corrected chi connectivity index (χ3v) is 3.90. The lowest BCUT2D eigenvalue weighted by atomic mass is 9.98. The van der Waals surface area contributed by atoms with Gasteiger partial charge in [-0.2, -0.15) is 0 Å². The predicted molar refractivity (Wildman–Crippen MR) is 85.7 cm³/mol. The minimum Gasteiger partial charge on any atom is -0.496 e. The molecule has 0 aliphatic rings. The van der Waals surface area contributed by atoms with E-state index in [0.717, 1.165) is 34.0 Å². The van der Waals surface area contributed by atoms with E-state index in [-0.39, 0.29) is 0 Å². The molecule has 0 bridgehead atoms. The van der Waals surface area contributed by atoms with Crippen LogP contribution in [0.2, 0.25) is 5.02 Å². The highest BCUT2D eigenvalue weighted by Crippen LogP contribution is 2.38. The number of methoxy groups -OCH3 is 1. The Balaban J connectivity index is 2.54. The minimum absolute atomic E-state index is 0.749. The molecule has 2 aromatic rings. The SMILES string of the molecule is CNCc1ccc(-c2ccc(C)c(C)c2OC)c(Cl)c1. The summed E-state index contributed by atoms with van der Waals surface area (Å²) in [6.45, 7) is 4.96. The number of halogens is 1. The van der Waals surface area contributed by atoms with Crippen molar-refractivity contribution < 1.29 is 4.74 Å². The van der Waals surface area contributed by atoms with Crippen LogP contribution < -0.4 is 10.1 Å². The van der Waals surface area contributed by atoms with Crippen LogP contribution in [0.25, 0.3) is 11.1 Å². The van der Waals surface area contributed by atoms with E-state index in [9.17, 15) is 0 Å². The second kappa shape index (κ2) is 6.29. The Kier molecular flexibility index (Phi) is 4.69. The van der Waals surface area contributed by atoms with E-state index in [1.807, 2.05) is 13.1 Å². The summed E-state index contributed by atoms with van der Waals surface area (Å²) in [4.78, 5) is 0. The van der Waals surface area contributed by atoms with Crippen molar-refractivity contribution in [3.05, 3.63) is 52.0 Å². The normalized spacial score (nSPS) is 10.7. The molecule has 0 saturated heterocycles. The first-order valence-electron chi connectivity index (χ1n) is 6.66. The fourth-order valence-electron chi connectivity index (χ4n) is 2.36. The second-order valence-electron chi connectivity index (χ2n) is 4.93. The average molecular weight is 290 g/mol. The molecule has 20 heavy (non-hydrogen) atoms. The lowest BCUT2D eigenvalue weighted by molar-refractivity contribution is 0.413. The van der Waals surface area contributed by atoms with Gasteiger partial charge in [0.15, 0.2) is 0 Å². The summed E-state index contributed by atoms with van der Waals surface area (Å²) in [5.41, 5.74) is 5.58. The van der Waals surface area contributed by atoms with Gasteiger partial charge in [-0.1, -0.05) is 35.9 Å². The zero-order valence-electron chi connectivity index (χ0n) is 12.4. The van der Waals surface area contributed by atoms with Crippen molar-refractivity contribution in [2.75, 3.05) is 14.2 Å². The molecule has 2 rings (SSSR count). The first-order chi connectivity index (χ1) is 9.58. The van der Waals surface area contributed by atoms with Crippen LogP contribution >= 0.6 is 11.6 Å². The molecule has 2 aromatic carbocycles. The Morgan fingerprint density at radius 2 is 1.80 bits per heavy atom. The molecule has 0 radical (unpaired) electrons. The van der Waals surface area contributed by atoms with Crippen LogP contribution in [0.1, 0.15) is 16.7 Å². The Morgan fingerprint density at radius 1 is 1.10 bits per heavy atom. The maximum atomic E-state index is 6.44. The van der Waals surface area contributed by atoms with Crippen molar-refractivity contribution in [2.45, 2.75) is 20.4 Å². The smallest absolute Gasteiger partial charge is 0.129 e. The molecule has 0 aliphatic heterocycles. The van der Waals surface area contributed by atoms with Crippen LogP contribution in [0.3, 0.4) is 0 Å². The van der Waals surface area contributed by atoms with Gasteiger partial charge in [0.05, 0.1) is 7.11 Å². The molecule has 0 fully saturated rings. The summed E-state index contributed by atoms with van der Waals surface area (Å²) in [6, 6.07) is 10.3. The van der Waals surface area contributed by atoms with Gasteiger partial charge in [0.25, 0.3) is 0 Å². The maximum Gasteiger partial charge on any atom is 0.129 e. The zero-order chi connectivity index (χ0) is 14.7. The van der Waals surface area contributed by atoms with Crippen LogP contribution in [-0.4, -0.2) is 14.2 Å². The van der Waals surface area contributed by atoms with E-state index in [0.29, 0.717) is 0 Å². The quantitative estimate of drug-likeness (QED) is 0.903. The van der Waals surface area contributed by atoms with Gasteiger partial charge >= 0.3 is 0 Å². The summed E-state index contributed by atoms with van der Waals surface area (Å²) >= 11 is 6.44. The van der Waals surface area contributed by atoms with Crippen molar-refractivity contribution >= 4 is 11.6 Å². The van der Waals surface area contributed by atoms with E-state index in [1.165, 1.54) is 11.1 Å². The van der Waals surface area contributed by atoms with Crippen LogP contribution in [0, 0.1) is 13.8 Å². The molecule has 3 heteroatoms. The Bertz CT molecular complexity index is 623. The summed E-state index contributed by atoms with van der Waals surface area (Å²) in [5.74, 6) is 0.897. The zero-order valence-corrected chi connectivity index (χ0v) is 13.1. The second-order valence-corrected chi connectivity index (χ2v) is 5.34. The topological polar surface area (TPSA) is 21.3 Å². The fraction of sp³-hybridized carbons (Fsp3) is 0.294. The van der Waals surface area contributed by atoms with Gasteiger partial charge in [0.1, 0.15) is 5.75 Å². The average Bonchev–Trinajstić information content (AvgIpc) is 2.43. The number of ether oxygens (including phenoxy) is 1. The molecule has 0 heterocycles. The molecule has 0 amide bonds. The van der Waals surface area contributed by atoms with E-state index in [4.69, 9.17) is 16.3 Å². The first kappa shape index (κ1) is 14.9. The molecular formula is C17H20ClNO. The van der Waals surface area contributed by atoms with Gasteiger partial charge in [-0.15, -0.1) is 0 Å². The van der Waals surface area contributed by atoms with Crippen molar-refractivity contribution in [1.82, 2.24) is 5.32 Å². The van der Waals surface area contributed by atoms with Crippen molar-refractivity contribution in [3.63, 3.8) is 0 Å². The number of hydrogen-bond donors (Lipinski definition) is 1. The van der Waals surface area contributed by atoms with Crippen molar-refractivity contribution in [1.29, 1.82) is 0 Å². The molecule has 0 unspecified atom stereocenters.